The molecule has 1 atom stereocenters. The van der Waals surface area contributed by atoms with Crippen LogP contribution < -0.4 is 0 Å². The van der Waals surface area contributed by atoms with Crippen molar-refractivity contribution >= 4 is 0 Å². The maximum atomic E-state index is 9.21. The molecule has 0 aliphatic carbocycles. The first-order valence-electron chi connectivity index (χ1n) is 4.19. The maximum absolute atomic E-state index is 9.21. The molecule has 66 valence electrons. The number of likely N-dealkylation sites (tertiary alicyclic amines) is 1. The molecule has 1 saturated heterocycles. The fourth-order valence-corrected chi connectivity index (χ4v) is 1.40. The highest BCUT2D eigenvalue weighted by Crippen LogP contribution is 2.12. The lowest BCUT2D eigenvalue weighted by atomic mass is 10.1. The van der Waals surface area contributed by atoms with E-state index in [4.69, 9.17) is 4.74 Å². The first-order valence-corrected chi connectivity index (χ1v) is 4.19. The zero-order valence-corrected chi connectivity index (χ0v) is 7.29. The summed E-state index contributed by atoms with van der Waals surface area (Å²) < 4.78 is 5.17. The molecule has 0 saturated carbocycles. The first-order chi connectivity index (χ1) is 5.24. The third kappa shape index (κ3) is 2.43. The Morgan fingerprint density at radius 3 is 2.45 bits per heavy atom. The quantitative estimate of drug-likeness (QED) is 0.634. The van der Waals surface area contributed by atoms with E-state index >= 15 is 0 Å². The summed E-state index contributed by atoms with van der Waals surface area (Å²) in [6.45, 7) is 3.95. The second kappa shape index (κ2) is 4.04. The third-order valence-corrected chi connectivity index (χ3v) is 2.35. The van der Waals surface area contributed by atoms with Crippen LogP contribution in [-0.2, 0) is 4.74 Å². The molecule has 0 radical (unpaired) electrons. The van der Waals surface area contributed by atoms with Crippen LogP contribution >= 0.6 is 0 Å². The normalized spacial score (nSPS) is 25.4. The van der Waals surface area contributed by atoms with Gasteiger partial charge in [0.2, 0.25) is 0 Å². The van der Waals surface area contributed by atoms with Crippen molar-refractivity contribution in [2.45, 2.75) is 32.1 Å². The summed E-state index contributed by atoms with van der Waals surface area (Å²) in [6, 6.07) is 0. The van der Waals surface area contributed by atoms with Gasteiger partial charge in [-0.05, 0) is 19.8 Å². The van der Waals surface area contributed by atoms with Crippen molar-refractivity contribution in [2.75, 3.05) is 20.2 Å². The Balaban J connectivity index is 2.27. The molecule has 3 heteroatoms. The van der Waals surface area contributed by atoms with E-state index in [-0.39, 0.29) is 12.3 Å². The van der Waals surface area contributed by atoms with Gasteiger partial charge in [-0.2, -0.15) is 0 Å². The smallest absolute Gasteiger partial charge is 0.107 e. The van der Waals surface area contributed by atoms with Gasteiger partial charge in [0.1, 0.15) is 6.23 Å². The number of nitrogens with zero attached hydrogens (tertiary/aromatic N) is 1. The molecule has 0 bridgehead atoms. The van der Waals surface area contributed by atoms with Gasteiger partial charge < -0.3 is 9.84 Å². The predicted molar refractivity (Wildman–Crippen MR) is 43.3 cm³/mol. The van der Waals surface area contributed by atoms with Crippen LogP contribution in [0.25, 0.3) is 0 Å². The van der Waals surface area contributed by atoms with Gasteiger partial charge in [0.25, 0.3) is 0 Å². The largest absolute Gasteiger partial charge is 0.393 e. The Morgan fingerprint density at radius 1 is 1.45 bits per heavy atom. The number of methoxy groups -OCH3 is 1. The highest BCUT2D eigenvalue weighted by Gasteiger charge is 2.20. The molecule has 3 nitrogen and oxygen atoms in total. The Kier molecular flexibility index (Phi) is 3.30. The lowest BCUT2D eigenvalue weighted by molar-refractivity contribution is -0.0469. The predicted octanol–water partition coefficient (Wildman–Crippen LogP) is 0.435. The van der Waals surface area contributed by atoms with Gasteiger partial charge >= 0.3 is 0 Å². The Labute approximate surface area is 68.0 Å². The van der Waals surface area contributed by atoms with Gasteiger partial charge in [0, 0.05) is 20.2 Å². The number of hydrogen-bond donors (Lipinski definition) is 1. The van der Waals surface area contributed by atoms with Crippen molar-refractivity contribution in [3.05, 3.63) is 0 Å². The molecule has 0 amide bonds. The standard InChI is InChI=1S/C8H17NO2/c1-7(11-2)9-5-3-8(10)4-6-9/h7-8,10H,3-6H2,1-2H3. The number of aliphatic hydroxyl groups excluding tert-OH is 1. The van der Waals surface area contributed by atoms with E-state index in [1.165, 1.54) is 0 Å². The molecule has 1 unspecified atom stereocenters. The molecule has 1 N–H and O–H groups in total. The molecular formula is C8H17NO2. The van der Waals surface area contributed by atoms with E-state index in [1.807, 2.05) is 6.92 Å². The first kappa shape index (κ1) is 8.97. The van der Waals surface area contributed by atoms with Crippen LogP contribution in [0.1, 0.15) is 19.8 Å². The number of aliphatic hydroxyl groups is 1. The van der Waals surface area contributed by atoms with Crippen molar-refractivity contribution < 1.29 is 9.84 Å². The van der Waals surface area contributed by atoms with E-state index in [9.17, 15) is 5.11 Å². The summed E-state index contributed by atoms with van der Waals surface area (Å²) in [6.07, 6.45) is 1.87. The van der Waals surface area contributed by atoms with Gasteiger partial charge in [-0.25, -0.2) is 0 Å². The van der Waals surface area contributed by atoms with Gasteiger partial charge in [-0.3, -0.25) is 4.90 Å². The van der Waals surface area contributed by atoms with Crippen molar-refractivity contribution in [1.29, 1.82) is 0 Å². The van der Waals surface area contributed by atoms with Crippen LogP contribution in [0.5, 0.6) is 0 Å². The molecule has 1 fully saturated rings. The summed E-state index contributed by atoms with van der Waals surface area (Å²) in [7, 11) is 1.72. The fraction of sp³-hybridized carbons (Fsp3) is 1.00. The Hall–Kier alpha value is -0.120. The minimum Gasteiger partial charge on any atom is -0.393 e. The minimum absolute atomic E-state index is 0.0877. The molecule has 1 rings (SSSR count). The van der Waals surface area contributed by atoms with E-state index in [1.54, 1.807) is 7.11 Å². The van der Waals surface area contributed by atoms with E-state index < -0.39 is 0 Å². The summed E-state index contributed by atoms with van der Waals surface area (Å²) in [5, 5.41) is 9.21. The van der Waals surface area contributed by atoms with E-state index in [2.05, 4.69) is 4.90 Å². The maximum Gasteiger partial charge on any atom is 0.107 e. The van der Waals surface area contributed by atoms with E-state index in [0.717, 1.165) is 25.9 Å². The Morgan fingerprint density at radius 2 is 2.00 bits per heavy atom. The number of piperidine rings is 1. The third-order valence-electron chi connectivity index (χ3n) is 2.35. The molecule has 1 aliphatic rings. The molecular weight excluding hydrogens is 142 g/mol. The van der Waals surface area contributed by atoms with Crippen LogP contribution in [0.15, 0.2) is 0 Å². The van der Waals surface area contributed by atoms with Gasteiger partial charge in [0.15, 0.2) is 0 Å². The van der Waals surface area contributed by atoms with E-state index in [0.29, 0.717) is 0 Å². The molecule has 0 aromatic heterocycles. The summed E-state index contributed by atoms with van der Waals surface area (Å²) >= 11 is 0. The van der Waals surface area contributed by atoms with Crippen molar-refractivity contribution in [3.63, 3.8) is 0 Å². The number of ether oxygens (including phenoxy) is 1. The monoisotopic (exact) mass is 159 g/mol. The van der Waals surface area contributed by atoms with Crippen LogP contribution in [0.2, 0.25) is 0 Å². The average molecular weight is 159 g/mol. The van der Waals surface area contributed by atoms with Crippen molar-refractivity contribution in [2.24, 2.45) is 0 Å². The van der Waals surface area contributed by atoms with Crippen LogP contribution in [-0.4, -0.2) is 42.5 Å². The number of rotatable bonds is 2. The van der Waals surface area contributed by atoms with Crippen molar-refractivity contribution in [3.8, 4) is 0 Å². The van der Waals surface area contributed by atoms with Crippen LogP contribution in [0.3, 0.4) is 0 Å². The van der Waals surface area contributed by atoms with Crippen LogP contribution in [0.4, 0.5) is 0 Å². The summed E-state index contributed by atoms with van der Waals surface area (Å²) in [5.41, 5.74) is 0. The SMILES string of the molecule is COC(C)N1CCC(O)CC1. The lowest BCUT2D eigenvalue weighted by Crippen LogP contribution is -2.42. The van der Waals surface area contributed by atoms with Gasteiger partial charge in [0.05, 0.1) is 6.10 Å². The molecule has 0 aromatic rings. The molecule has 1 aliphatic heterocycles. The fourth-order valence-electron chi connectivity index (χ4n) is 1.40. The zero-order chi connectivity index (χ0) is 8.27. The minimum atomic E-state index is -0.0877. The molecule has 11 heavy (non-hydrogen) atoms. The highest BCUT2D eigenvalue weighted by molar-refractivity contribution is 4.71. The summed E-state index contributed by atoms with van der Waals surface area (Å²) in [4.78, 5) is 2.24. The van der Waals surface area contributed by atoms with Gasteiger partial charge in [-0.1, -0.05) is 0 Å². The molecule has 0 aromatic carbocycles. The second-order valence-electron chi connectivity index (χ2n) is 3.10. The average Bonchev–Trinajstić information content (AvgIpc) is 2.05. The molecule has 0 spiro atoms. The summed E-state index contributed by atoms with van der Waals surface area (Å²) in [5.74, 6) is 0. The molecule has 1 heterocycles. The highest BCUT2D eigenvalue weighted by atomic mass is 16.5. The lowest BCUT2D eigenvalue weighted by Gasteiger charge is -2.33. The van der Waals surface area contributed by atoms with Crippen molar-refractivity contribution in [1.82, 2.24) is 4.90 Å². The van der Waals surface area contributed by atoms with Crippen LogP contribution in [0, 0.1) is 0 Å². The topological polar surface area (TPSA) is 32.7 Å². The zero-order valence-electron chi connectivity index (χ0n) is 7.29. The number of hydrogen-bond acceptors (Lipinski definition) is 3. The second-order valence-corrected chi connectivity index (χ2v) is 3.10. The Bertz CT molecular complexity index is 111. The van der Waals surface area contributed by atoms with Gasteiger partial charge in [-0.15, -0.1) is 0 Å².